The van der Waals surface area contributed by atoms with E-state index in [4.69, 9.17) is 0 Å². The van der Waals surface area contributed by atoms with Gasteiger partial charge in [0.25, 0.3) is 5.91 Å². The van der Waals surface area contributed by atoms with Crippen molar-refractivity contribution in [1.29, 1.82) is 0 Å². The van der Waals surface area contributed by atoms with E-state index < -0.39 is 0 Å². The summed E-state index contributed by atoms with van der Waals surface area (Å²) >= 11 is 7.80. The largest absolute Gasteiger partial charge is 0.339 e. The Morgan fingerprint density at radius 3 is 2.33 bits per heavy atom. The number of benzene rings is 1. The summed E-state index contributed by atoms with van der Waals surface area (Å²) in [6.45, 7) is 11.0. The van der Waals surface area contributed by atoms with Gasteiger partial charge in [-0.3, -0.25) is 4.79 Å². The zero-order valence-corrected chi connectivity index (χ0v) is 15.6. The molecule has 0 heterocycles. The molecule has 0 bridgehead atoms. The first-order valence-corrected chi connectivity index (χ1v) is 8.77. The molecular formula is C16H25BrN2OS. The lowest BCUT2D eigenvalue weighted by Gasteiger charge is -2.24. The van der Waals surface area contributed by atoms with Crippen molar-refractivity contribution in [3.63, 3.8) is 0 Å². The van der Waals surface area contributed by atoms with E-state index >= 15 is 0 Å². The van der Waals surface area contributed by atoms with E-state index in [1.165, 1.54) is 0 Å². The van der Waals surface area contributed by atoms with Crippen molar-refractivity contribution >= 4 is 34.5 Å². The SMILES string of the molecule is CCN(CC)CCCN(CC)C(=O)c1ccc(Br)cc1S. The molecule has 0 fully saturated rings. The van der Waals surface area contributed by atoms with Gasteiger partial charge in [-0.2, -0.15) is 0 Å². The minimum absolute atomic E-state index is 0.0644. The smallest absolute Gasteiger partial charge is 0.254 e. The van der Waals surface area contributed by atoms with Crippen LogP contribution in [0, 0.1) is 0 Å². The molecule has 3 nitrogen and oxygen atoms in total. The van der Waals surface area contributed by atoms with Gasteiger partial charge in [-0.1, -0.05) is 29.8 Å². The molecule has 0 saturated heterocycles. The first kappa shape index (κ1) is 18.5. The normalized spacial score (nSPS) is 11.0. The van der Waals surface area contributed by atoms with Gasteiger partial charge in [0.05, 0.1) is 5.56 Å². The zero-order chi connectivity index (χ0) is 15.8. The Morgan fingerprint density at radius 1 is 1.14 bits per heavy atom. The predicted molar refractivity (Wildman–Crippen MR) is 95.4 cm³/mol. The van der Waals surface area contributed by atoms with Gasteiger partial charge in [-0.05, 0) is 51.2 Å². The first-order chi connectivity index (χ1) is 10.0. The van der Waals surface area contributed by atoms with Crippen molar-refractivity contribution < 1.29 is 4.79 Å². The van der Waals surface area contributed by atoms with E-state index in [0.29, 0.717) is 5.56 Å². The summed E-state index contributed by atoms with van der Waals surface area (Å²) in [5.41, 5.74) is 0.672. The highest BCUT2D eigenvalue weighted by Gasteiger charge is 2.16. The molecule has 0 radical (unpaired) electrons. The van der Waals surface area contributed by atoms with Gasteiger partial charge in [0, 0.05) is 22.5 Å². The Balaban J connectivity index is 2.64. The molecular weight excluding hydrogens is 348 g/mol. The number of rotatable bonds is 8. The molecule has 21 heavy (non-hydrogen) atoms. The number of hydrogen-bond acceptors (Lipinski definition) is 3. The standard InChI is InChI=1S/C16H25BrN2OS/c1-4-18(5-2)10-7-11-19(6-3)16(20)14-9-8-13(17)12-15(14)21/h8-9,12,21H,4-7,10-11H2,1-3H3. The van der Waals surface area contributed by atoms with Crippen LogP contribution in [0.2, 0.25) is 0 Å². The van der Waals surface area contributed by atoms with Gasteiger partial charge in [-0.15, -0.1) is 12.6 Å². The molecule has 0 saturated carbocycles. The molecule has 0 aliphatic carbocycles. The summed E-state index contributed by atoms with van der Waals surface area (Å²) in [5.74, 6) is 0.0644. The minimum Gasteiger partial charge on any atom is -0.339 e. The second-order valence-corrected chi connectivity index (χ2v) is 6.32. The fourth-order valence-corrected chi connectivity index (χ4v) is 3.13. The van der Waals surface area contributed by atoms with Crippen molar-refractivity contribution in [3.05, 3.63) is 28.2 Å². The van der Waals surface area contributed by atoms with Crippen molar-refractivity contribution in [3.8, 4) is 0 Å². The number of hydrogen-bond donors (Lipinski definition) is 1. The Bertz CT molecular complexity index is 464. The van der Waals surface area contributed by atoms with E-state index in [1.807, 2.05) is 30.0 Å². The van der Waals surface area contributed by atoms with Crippen LogP contribution in [0.15, 0.2) is 27.6 Å². The van der Waals surface area contributed by atoms with Crippen LogP contribution in [0.5, 0.6) is 0 Å². The average Bonchev–Trinajstić information content (AvgIpc) is 2.47. The van der Waals surface area contributed by atoms with Crippen molar-refractivity contribution in [1.82, 2.24) is 9.80 Å². The molecule has 118 valence electrons. The second-order valence-electron chi connectivity index (χ2n) is 4.93. The van der Waals surface area contributed by atoms with E-state index in [-0.39, 0.29) is 5.91 Å². The highest BCUT2D eigenvalue weighted by atomic mass is 79.9. The topological polar surface area (TPSA) is 23.6 Å². The molecule has 1 aromatic rings. The van der Waals surface area contributed by atoms with Crippen LogP contribution < -0.4 is 0 Å². The molecule has 1 amide bonds. The molecule has 0 aliphatic heterocycles. The lowest BCUT2D eigenvalue weighted by atomic mass is 10.2. The number of halogens is 1. The molecule has 1 aromatic carbocycles. The summed E-state index contributed by atoms with van der Waals surface area (Å²) in [4.78, 5) is 17.6. The van der Waals surface area contributed by atoms with E-state index in [9.17, 15) is 4.79 Å². The molecule has 0 aliphatic rings. The van der Waals surface area contributed by atoms with E-state index in [0.717, 1.165) is 48.5 Å². The summed E-state index contributed by atoms with van der Waals surface area (Å²) < 4.78 is 0.939. The minimum atomic E-state index is 0.0644. The fraction of sp³-hybridized carbons (Fsp3) is 0.562. The van der Waals surface area contributed by atoms with E-state index in [1.54, 1.807) is 0 Å². The highest BCUT2D eigenvalue weighted by Crippen LogP contribution is 2.21. The molecule has 1 rings (SSSR count). The summed E-state index contributed by atoms with van der Waals surface area (Å²) in [6.07, 6.45) is 1.000. The third-order valence-corrected chi connectivity index (χ3v) is 4.52. The van der Waals surface area contributed by atoms with Crippen LogP contribution >= 0.6 is 28.6 Å². The van der Waals surface area contributed by atoms with Crippen LogP contribution in [0.25, 0.3) is 0 Å². The number of amides is 1. The van der Waals surface area contributed by atoms with Gasteiger partial charge < -0.3 is 9.80 Å². The van der Waals surface area contributed by atoms with Crippen LogP contribution in [0.3, 0.4) is 0 Å². The first-order valence-electron chi connectivity index (χ1n) is 7.53. The van der Waals surface area contributed by atoms with Crippen LogP contribution in [-0.4, -0.2) is 48.4 Å². The third kappa shape index (κ3) is 5.64. The van der Waals surface area contributed by atoms with Gasteiger partial charge in [0.2, 0.25) is 0 Å². The maximum Gasteiger partial charge on any atom is 0.254 e. The Kier molecular flexibility index (Phi) is 8.37. The quantitative estimate of drug-likeness (QED) is 0.698. The fourth-order valence-electron chi connectivity index (χ4n) is 2.28. The molecule has 0 N–H and O–H groups in total. The zero-order valence-electron chi connectivity index (χ0n) is 13.1. The van der Waals surface area contributed by atoms with Crippen molar-refractivity contribution in [2.75, 3.05) is 32.7 Å². The monoisotopic (exact) mass is 372 g/mol. The van der Waals surface area contributed by atoms with Gasteiger partial charge >= 0.3 is 0 Å². The Morgan fingerprint density at radius 2 is 1.81 bits per heavy atom. The maximum atomic E-state index is 12.6. The molecule has 0 aromatic heterocycles. The van der Waals surface area contributed by atoms with Crippen LogP contribution in [-0.2, 0) is 0 Å². The van der Waals surface area contributed by atoms with Crippen molar-refractivity contribution in [2.24, 2.45) is 0 Å². The molecule has 0 unspecified atom stereocenters. The Hall–Kier alpha value is -0.520. The molecule has 0 spiro atoms. The highest BCUT2D eigenvalue weighted by molar-refractivity contribution is 9.10. The van der Waals surface area contributed by atoms with Crippen LogP contribution in [0.4, 0.5) is 0 Å². The van der Waals surface area contributed by atoms with Crippen molar-refractivity contribution in [2.45, 2.75) is 32.1 Å². The third-order valence-electron chi connectivity index (χ3n) is 3.66. The second kappa shape index (κ2) is 9.49. The number of carbonyl (C=O) groups excluding carboxylic acids is 1. The van der Waals surface area contributed by atoms with Crippen LogP contribution in [0.1, 0.15) is 37.6 Å². The van der Waals surface area contributed by atoms with E-state index in [2.05, 4.69) is 47.3 Å². The summed E-state index contributed by atoms with van der Waals surface area (Å²) in [6, 6.07) is 5.58. The summed E-state index contributed by atoms with van der Waals surface area (Å²) in [5, 5.41) is 0. The lowest BCUT2D eigenvalue weighted by molar-refractivity contribution is 0.0754. The average molecular weight is 373 g/mol. The summed E-state index contributed by atoms with van der Waals surface area (Å²) in [7, 11) is 0. The molecule has 5 heteroatoms. The van der Waals surface area contributed by atoms with Gasteiger partial charge in [0.1, 0.15) is 0 Å². The predicted octanol–water partition coefficient (Wildman–Crippen LogP) is 3.93. The molecule has 0 atom stereocenters. The lowest BCUT2D eigenvalue weighted by Crippen LogP contribution is -2.34. The van der Waals surface area contributed by atoms with Gasteiger partial charge in [0.15, 0.2) is 0 Å². The maximum absolute atomic E-state index is 12.6. The number of nitrogens with zero attached hydrogens (tertiary/aromatic N) is 2. The number of thiol groups is 1. The number of carbonyl (C=O) groups is 1. The Labute approximate surface area is 142 Å². The van der Waals surface area contributed by atoms with Gasteiger partial charge in [-0.25, -0.2) is 0 Å².